The Kier molecular flexibility index (Phi) is 5.80. The lowest BCUT2D eigenvalue weighted by molar-refractivity contribution is 0.356. The maximum Gasteiger partial charge on any atom is 0.142 e. The molecule has 2 aromatic rings. The maximum absolute atomic E-state index is 5.77. The van der Waals surface area contributed by atoms with Crippen molar-refractivity contribution in [1.82, 2.24) is 10.3 Å². The first kappa shape index (κ1) is 14.3. The van der Waals surface area contributed by atoms with E-state index in [-0.39, 0.29) is 0 Å². The summed E-state index contributed by atoms with van der Waals surface area (Å²) in [6, 6.07) is 12.2. The van der Waals surface area contributed by atoms with Crippen molar-refractivity contribution in [3.8, 4) is 5.75 Å². The zero-order valence-corrected chi connectivity index (χ0v) is 11.8. The molecule has 20 heavy (non-hydrogen) atoms. The van der Waals surface area contributed by atoms with Crippen LogP contribution >= 0.6 is 0 Å². The first-order valence-electron chi connectivity index (χ1n) is 6.88. The van der Waals surface area contributed by atoms with Crippen molar-refractivity contribution in [2.45, 2.75) is 13.5 Å². The van der Waals surface area contributed by atoms with Crippen LogP contribution < -0.4 is 10.1 Å². The smallest absolute Gasteiger partial charge is 0.142 e. The molecule has 2 rings (SSSR count). The number of rotatable bonds is 7. The second-order valence-electron chi connectivity index (χ2n) is 4.39. The van der Waals surface area contributed by atoms with E-state index >= 15 is 0 Å². The van der Waals surface area contributed by atoms with Crippen LogP contribution in [0.3, 0.4) is 0 Å². The van der Waals surface area contributed by atoms with Gasteiger partial charge < -0.3 is 10.1 Å². The maximum atomic E-state index is 5.77. The van der Waals surface area contributed by atoms with Crippen molar-refractivity contribution >= 4 is 6.08 Å². The average molecular weight is 268 g/mol. The molecule has 0 atom stereocenters. The Morgan fingerprint density at radius 2 is 2.05 bits per heavy atom. The Hall–Kier alpha value is -2.13. The number of aromatic nitrogens is 1. The van der Waals surface area contributed by atoms with Gasteiger partial charge in [0, 0.05) is 18.3 Å². The molecule has 0 aliphatic carbocycles. The number of nitrogens with zero attached hydrogens (tertiary/aromatic N) is 1. The van der Waals surface area contributed by atoms with Crippen LogP contribution in [0.25, 0.3) is 6.08 Å². The molecule has 3 heteroatoms. The fourth-order valence-corrected chi connectivity index (χ4v) is 1.83. The molecular weight excluding hydrogens is 248 g/mol. The van der Waals surface area contributed by atoms with E-state index in [1.807, 2.05) is 30.3 Å². The number of nitrogens with one attached hydrogen (secondary N) is 1. The molecule has 0 saturated carbocycles. The highest BCUT2D eigenvalue weighted by Crippen LogP contribution is 2.16. The summed E-state index contributed by atoms with van der Waals surface area (Å²) in [4.78, 5) is 4.11. The van der Waals surface area contributed by atoms with Gasteiger partial charge in [0.25, 0.3) is 0 Å². The van der Waals surface area contributed by atoms with Gasteiger partial charge in [-0.1, -0.05) is 43.3 Å². The number of hydrogen-bond donors (Lipinski definition) is 1. The first-order valence-corrected chi connectivity index (χ1v) is 6.88. The summed E-state index contributed by atoms with van der Waals surface area (Å²) >= 11 is 0. The summed E-state index contributed by atoms with van der Waals surface area (Å²) in [5, 5.41) is 3.30. The quantitative estimate of drug-likeness (QED) is 0.836. The third kappa shape index (κ3) is 4.52. The molecule has 0 radical (unpaired) electrons. The Bertz CT molecular complexity index is 538. The molecule has 0 aliphatic heterocycles. The lowest BCUT2D eigenvalue weighted by atomic mass is 10.2. The molecule has 0 amide bonds. The average Bonchev–Trinajstić information content (AvgIpc) is 2.51. The molecule has 3 nitrogen and oxygen atoms in total. The number of hydrogen-bond acceptors (Lipinski definition) is 3. The molecule has 0 spiro atoms. The van der Waals surface area contributed by atoms with E-state index in [1.54, 1.807) is 12.4 Å². The van der Waals surface area contributed by atoms with Crippen molar-refractivity contribution in [2.24, 2.45) is 0 Å². The van der Waals surface area contributed by atoms with Gasteiger partial charge in [-0.05, 0) is 24.3 Å². The Labute approximate surface area is 120 Å². The van der Waals surface area contributed by atoms with Gasteiger partial charge in [-0.2, -0.15) is 0 Å². The second-order valence-corrected chi connectivity index (χ2v) is 4.39. The van der Waals surface area contributed by atoms with Gasteiger partial charge in [0.05, 0.1) is 6.20 Å². The van der Waals surface area contributed by atoms with Crippen molar-refractivity contribution in [3.63, 3.8) is 0 Å². The highest BCUT2D eigenvalue weighted by Gasteiger charge is 2.01. The zero-order chi connectivity index (χ0) is 14.0. The SMILES string of the molecule is CCNCc1ccncc1OC/C=C/c1ccccc1. The molecule has 1 aromatic heterocycles. The monoisotopic (exact) mass is 268 g/mol. The van der Waals surface area contributed by atoms with Crippen LogP contribution in [-0.4, -0.2) is 18.1 Å². The van der Waals surface area contributed by atoms with Crippen molar-refractivity contribution in [2.75, 3.05) is 13.2 Å². The normalized spacial score (nSPS) is 10.8. The molecular formula is C17H20N2O. The van der Waals surface area contributed by atoms with Crippen molar-refractivity contribution < 1.29 is 4.74 Å². The van der Waals surface area contributed by atoms with E-state index in [0.29, 0.717) is 6.61 Å². The van der Waals surface area contributed by atoms with Crippen LogP contribution in [0, 0.1) is 0 Å². The molecule has 1 aromatic carbocycles. The third-order valence-corrected chi connectivity index (χ3v) is 2.88. The topological polar surface area (TPSA) is 34.2 Å². The minimum absolute atomic E-state index is 0.541. The van der Waals surface area contributed by atoms with E-state index in [1.165, 1.54) is 5.56 Å². The van der Waals surface area contributed by atoms with Gasteiger partial charge in [0.2, 0.25) is 0 Å². The van der Waals surface area contributed by atoms with E-state index in [4.69, 9.17) is 4.74 Å². The van der Waals surface area contributed by atoms with Gasteiger partial charge in [0.15, 0.2) is 0 Å². The number of pyridine rings is 1. The standard InChI is InChI=1S/C17H20N2O/c1-2-18-13-16-10-11-19-14-17(16)20-12-6-9-15-7-4-3-5-8-15/h3-11,14,18H,2,12-13H2,1H3/b9-6+. The van der Waals surface area contributed by atoms with E-state index < -0.39 is 0 Å². The van der Waals surface area contributed by atoms with Gasteiger partial charge in [-0.3, -0.25) is 4.98 Å². The van der Waals surface area contributed by atoms with Gasteiger partial charge in [-0.25, -0.2) is 0 Å². The highest BCUT2D eigenvalue weighted by molar-refractivity contribution is 5.48. The summed E-state index contributed by atoms with van der Waals surface area (Å²) < 4.78 is 5.77. The lowest BCUT2D eigenvalue weighted by Crippen LogP contribution is -2.13. The molecule has 1 heterocycles. The van der Waals surface area contributed by atoms with Crippen LogP contribution in [0.15, 0.2) is 54.9 Å². The Morgan fingerprint density at radius 1 is 1.20 bits per heavy atom. The predicted octanol–water partition coefficient (Wildman–Crippen LogP) is 3.28. The van der Waals surface area contributed by atoms with Crippen LogP contribution in [0.5, 0.6) is 5.75 Å². The molecule has 1 N–H and O–H groups in total. The summed E-state index contributed by atoms with van der Waals surface area (Å²) in [6.45, 7) is 4.37. The molecule has 104 valence electrons. The minimum atomic E-state index is 0.541. The van der Waals surface area contributed by atoms with Crippen LogP contribution in [0.4, 0.5) is 0 Å². The van der Waals surface area contributed by atoms with Gasteiger partial charge in [-0.15, -0.1) is 0 Å². The number of benzene rings is 1. The summed E-state index contributed by atoms with van der Waals surface area (Å²) in [7, 11) is 0. The molecule has 0 bridgehead atoms. The van der Waals surface area contributed by atoms with Crippen LogP contribution in [0.2, 0.25) is 0 Å². The highest BCUT2D eigenvalue weighted by atomic mass is 16.5. The van der Waals surface area contributed by atoms with E-state index in [0.717, 1.165) is 24.4 Å². The number of ether oxygens (including phenoxy) is 1. The van der Waals surface area contributed by atoms with E-state index in [2.05, 4.69) is 35.4 Å². The largest absolute Gasteiger partial charge is 0.488 e. The van der Waals surface area contributed by atoms with Crippen LogP contribution in [0.1, 0.15) is 18.1 Å². The van der Waals surface area contributed by atoms with Crippen molar-refractivity contribution in [3.05, 3.63) is 66.0 Å². The van der Waals surface area contributed by atoms with Gasteiger partial charge >= 0.3 is 0 Å². The Morgan fingerprint density at radius 3 is 2.85 bits per heavy atom. The zero-order valence-electron chi connectivity index (χ0n) is 11.8. The minimum Gasteiger partial charge on any atom is -0.488 e. The lowest BCUT2D eigenvalue weighted by Gasteiger charge is -2.09. The van der Waals surface area contributed by atoms with Crippen LogP contribution in [-0.2, 0) is 6.54 Å². The summed E-state index contributed by atoms with van der Waals surface area (Å²) in [5.41, 5.74) is 2.31. The molecule has 0 fully saturated rings. The van der Waals surface area contributed by atoms with E-state index in [9.17, 15) is 0 Å². The fourth-order valence-electron chi connectivity index (χ4n) is 1.83. The third-order valence-electron chi connectivity index (χ3n) is 2.88. The predicted molar refractivity (Wildman–Crippen MR) is 82.6 cm³/mol. The molecule has 0 saturated heterocycles. The Balaban J connectivity index is 1.89. The summed E-state index contributed by atoms with van der Waals surface area (Å²) in [5.74, 6) is 0.839. The first-order chi connectivity index (χ1) is 9.90. The molecule has 0 unspecified atom stereocenters. The second kappa shape index (κ2) is 8.12. The summed E-state index contributed by atoms with van der Waals surface area (Å²) in [6.07, 6.45) is 7.63. The van der Waals surface area contributed by atoms with Gasteiger partial charge in [0.1, 0.15) is 12.4 Å². The fraction of sp³-hybridized carbons (Fsp3) is 0.235. The molecule has 0 aliphatic rings. The van der Waals surface area contributed by atoms with Crippen molar-refractivity contribution in [1.29, 1.82) is 0 Å².